The van der Waals surface area contributed by atoms with Crippen LogP contribution in [0.2, 0.25) is 0 Å². The number of hydrogen-bond donors (Lipinski definition) is 2. The van der Waals surface area contributed by atoms with Crippen LogP contribution in [-0.4, -0.2) is 53.0 Å². The van der Waals surface area contributed by atoms with Crippen LogP contribution in [0.25, 0.3) is 0 Å². The molecule has 1 aliphatic heterocycles. The van der Waals surface area contributed by atoms with Gasteiger partial charge in [-0.25, -0.2) is 4.98 Å². The van der Waals surface area contributed by atoms with Gasteiger partial charge in [0.15, 0.2) is 0 Å². The van der Waals surface area contributed by atoms with Crippen molar-refractivity contribution in [3.63, 3.8) is 0 Å². The number of amides is 1. The summed E-state index contributed by atoms with van der Waals surface area (Å²) in [4.78, 5) is 36.2. The number of H-pyrrole nitrogens is 1. The molecule has 8 nitrogen and oxygen atoms in total. The Labute approximate surface area is 223 Å². The largest absolute Gasteiger partial charge is 0.469 e. The van der Waals surface area contributed by atoms with Gasteiger partial charge in [0.1, 0.15) is 0 Å². The molecular formula is C30H33N5O3. The minimum absolute atomic E-state index is 0.0927. The Bertz CT molecular complexity index is 1310. The van der Waals surface area contributed by atoms with Crippen molar-refractivity contribution in [1.29, 1.82) is 5.26 Å². The van der Waals surface area contributed by atoms with E-state index in [-0.39, 0.29) is 29.8 Å². The Balaban J connectivity index is 1.36. The number of ether oxygens (including phenoxy) is 1. The first-order valence-corrected chi connectivity index (χ1v) is 13.1. The van der Waals surface area contributed by atoms with E-state index in [1.807, 2.05) is 19.1 Å². The van der Waals surface area contributed by atoms with Gasteiger partial charge in [0.05, 0.1) is 54.3 Å². The SMILES string of the molecule is COC(=O)C1CC(C(=O)NC(C)(Cc2ccc(C#N)cc2)c2cnc[nH]2)CN(C2Cc3ccccc3C2)C1. The lowest BCUT2D eigenvalue weighted by atomic mass is 9.85. The second-order valence-corrected chi connectivity index (χ2v) is 10.7. The lowest BCUT2D eigenvalue weighted by molar-refractivity contribution is -0.149. The van der Waals surface area contributed by atoms with Gasteiger partial charge in [0, 0.05) is 25.6 Å². The van der Waals surface area contributed by atoms with Crippen LogP contribution in [0.3, 0.4) is 0 Å². The zero-order chi connectivity index (χ0) is 26.7. The van der Waals surface area contributed by atoms with Gasteiger partial charge in [-0.05, 0) is 55.0 Å². The molecule has 2 aliphatic rings. The second-order valence-electron chi connectivity index (χ2n) is 10.7. The molecule has 0 radical (unpaired) electrons. The molecule has 196 valence electrons. The summed E-state index contributed by atoms with van der Waals surface area (Å²) in [6.07, 6.45) is 6.13. The molecule has 3 unspecified atom stereocenters. The van der Waals surface area contributed by atoms with Crippen LogP contribution >= 0.6 is 0 Å². The smallest absolute Gasteiger partial charge is 0.309 e. The number of benzene rings is 2. The maximum Gasteiger partial charge on any atom is 0.309 e. The second kappa shape index (κ2) is 10.8. The zero-order valence-electron chi connectivity index (χ0n) is 21.8. The Morgan fingerprint density at radius 1 is 1.13 bits per heavy atom. The molecular weight excluding hydrogens is 478 g/mol. The van der Waals surface area contributed by atoms with Crippen molar-refractivity contribution >= 4 is 11.9 Å². The molecule has 1 aliphatic carbocycles. The highest BCUT2D eigenvalue weighted by Gasteiger charge is 2.41. The molecule has 2 heterocycles. The van der Waals surface area contributed by atoms with Crippen molar-refractivity contribution in [3.05, 3.63) is 89.0 Å². The van der Waals surface area contributed by atoms with E-state index in [9.17, 15) is 9.59 Å². The Kier molecular flexibility index (Phi) is 7.30. The zero-order valence-corrected chi connectivity index (χ0v) is 21.8. The average molecular weight is 512 g/mol. The summed E-state index contributed by atoms with van der Waals surface area (Å²) in [6, 6.07) is 18.2. The molecule has 2 aromatic carbocycles. The highest BCUT2D eigenvalue weighted by atomic mass is 16.5. The van der Waals surface area contributed by atoms with Gasteiger partial charge in [-0.3, -0.25) is 14.5 Å². The van der Waals surface area contributed by atoms with Crippen LogP contribution < -0.4 is 5.32 Å². The number of carbonyl (C=O) groups is 2. The van der Waals surface area contributed by atoms with Crippen molar-refractivity contribution in [1.82, 2.24) is 20.2 Å². The maximum atomic E-state index is 13.9. The topological polar surface area (TPSA) is 111 Å². The minimum Gasteiger partial charge on any atom is -0.469 e. The van der Waals surface area contributed by atoms with Crippen molar-refractivity contribution < 1.29 is 14.3 Å². The Hall–Kier alpha value is -3.96. The van der Waals surface area contributed by atoms with Crippen LogP contribution in [0.4, 0.5) is 0 Å². The summed E-state index contributed by atoms with van der Waals surface area (Å²) in [5.41, 5.74) is 4.29. The van der Waals surface area contributed by atoms with Gasteiger partial charge in [0.2, 0.25) is 5.91 Å². The third-order valence-electron chi connectivity index (χ3n) is 8.06. The number of nitriles is 1. The highest BCUT2D eigenvalue weighted by molar-refractivity contribution is 5.81. The molecule has 3 atom stereocenters. The first-order valence-electron chi connectivity index (χ1n) is 13.1. The number of nitrogens with zero attached hydrogens (tertiary/aromatic N) is 3. The van der Waals surface area contributed by atoms with Gasteiger partial charge in [-0.2, -0.15) is 5.26 Å². The van der Waals surface area contributed by atoms with Crippen molar-refractivity contribution in [3.8, 4) is 6.07 Å². The number of nitrogens with one attached hydrogen (secondary N) is 2. The molecule has 0 bridgehead atoms. The van der Waals surface area contributed by atoms with E-state index in [1.54, 1.807) is 24.7 Å². The lowest BCUT2D eigenvalue weighted by Crippen LogP contribution is -2.55. The number of piperidine rings is 1. The Morgan fingerprint density at radius 3 is 2.42 bits per heavy atom. The number of aromatic nitrogens is 2. The summed E-state index contributed by atoms with van der Waals surface area (Å²) in [5, 5.41) is 12.4. The minimum atomic E-state index is -0.756. The number of aromatic amines is 1. The summed E-state index contributed by atoms with van der Waals surface area (Å²) in [7, 11) is 1.41. The number of methoxy groups -OCH3 is 1. The number of rotatable bonds is 7. The normalized spacial score (nSPS) is 21.2. The monoisotopic (exact) mass is 511 g/mol. The maximum absolute atomic E-state index is 13.9. The molecule has 1 aromatic heterocycles. The van der Waals surface area contributed by atoms with Gasteiger partial charge >= 0.3 is 5.97 Å². The van der Waals surface area contributed by atoms with E-state index in [0.717, 1.165) is 24.1 Å². The number of esters is 1. The van der Waals surface area contributed by atoms with E-state index in [2.05, 4.69) is 50.5 Å². The van der Waals surface area contributed by atoms with E-state index in [4.69, 9.17) is 10.00 Å². The predicted molar refractivity (Wildman–Crippen MR) is 142 cm³/mol. The molecule has 5 rings (SSSR count). The van der Waals surface area contributed by atoms with Crippen LogP contribution in [-0.2, 0) is 39.1 Å². The molecule has 0 saturated carbocycles. The molecule has 1 saturated heterocycles. The highest BCUT2D eigenvalue weighted by Crippen LogP contribution is 2.32. The van der Waals surface area contributed by atoms with Crippen LogP contribution in [0.15, 0.2) is 61.1 Å². The van der Waals surface area contributed by atoms with Gasteiger partial charge in [-0.15, -0.1) is 0 Å². The first-order chi connectivity index (χ1) is 18.4. The van der Waals surface area contributed by atoms with Gasteiger partial charge in [0.25, 0.3) is 0 Å². The van der Waals surface area contributed by atoms with Crippen LogP contribution in [0.1, 0.15) is 41.3 Å². The molecule has 38 heavy (non-hydrogen) atoms. The van der Waals surface area contributed by atoms with E-state index < -0.39 is 5.54 Å². The first kappa shape index (κ1) is 25.7. The number of imidazole rings is 1. The quantitative estimate of drug-likeness (QED) is 0.472. The summed E-state index contributed by atoms with van der Waals surface area (Å²) < 4.78 is 5.11. The lowest BCUT2D eigenvalue weighted by Gasteiger charge is -2.40. The number of carbonyl (C=O) groups excluding carboxylic acids is 2. The number of likely N-dealkylation sites (tertiary alicyclic amines) is 1. The number of fused-ring (bicyclic) bond motifs is 1. The fraction of sp³-hybridized carbons (Fsp3) is 0.400. The van der Waals surface area contributed by atoms with Crippen molar-refractivity contribution in [2.24, 2.45) is 11.8 Å². The molecule has 0 spiro atoms. The third kappa shape index (κ3) is 5.34. The van der Waals surface area contributed by atoms with Crippen molar-refractivity contribution in [2.75, 3.05) is 20.2 Å². The molecule has 1 fully saturated rings. The third-order valence-corrected chi connectivity index (χ3v) is 8.06. The van der Waals surface area contributed by atoms with E-state index in [0.29, 0.717) is 31.5 Å². The standard InChI is InChI=1S/C30H33N5O3/c1-30(27-16-32-19-33-27,14-20-7-9-21(15-31)10-8-20)34-28(36)24-11-25(29(37)38-2)18-35(17-24)26-12-22-5-3-4-6-23(22)13-26/h3-10,16,19,24-26H,11-14,17-18H2,1-2H3,(H,32,33)(H,34,36). The van der Waals surface area contributed by atoms with Crippen LogP contribution in [0, 0.1) is 23.2 Å². The average Bonchev–Trinajstić information content (AvgIpc) is 3.64. The molecule has 1 amide bonds. The van der Waals surface area contributed by atoms with Crippen LogP contribution in [0.5, 0.6) is 0 Å². The van der Waals surface area contributed by atoms with E-state index >= 15 is 0 Å². The fourth-order valence-electron chi connectivity index (χ4n) is 6.00. The summed E-state index contributed by atoms with van der Waals surface area (Å²) in [5.74, 6) is -1.08. The van der Waals surface area contributed by atoms with E-state index in [1.165, 1.54) is 18.2 Å². The summed E-state index contributed by atoms with van der Waals surface area (Å²) in [6.45, 7) is 3.16. The fourth-order valence-corrected chi connectivity index (χ4v) is 6.00. The molecule has 3 aromatic rings. The summed E-state index contributed by atoms with van der Waals surface area (Å²) >= 11 is 0. The number of hydrogen-bond acceptors (Lipinski definition) is 6. The predicted octanol–water partition coefficient (Wildman–Crippen LogP) is 3.13. The molecule has 8 heteroatoms. The Morgan fingerprint density at radius 2 is 1.82 bits per heavy atom. The van der Waals surface area contributed by atoms with Gasteiger partial charge in [-0.1, -0.05) is 36.4 Å². The molecule has 2 N–H and O–H groups in total. The van der Waals surface area contributed by atoms with Crippen molar-refractivity contribution in [2.45, 2.75) is 44.2 Å². The van der Waals surface area contributed by atoms with Gasteiger partial charge < -0.3 is 15.0 Å².